The Hall–Kier alpha value is -1.51. The van der Waals surface area contributed by atoms with Crippen LogP contribution in [0, 0.1) is 6.92 Å². The molecule has 0 saturated carbocycles. The van der Waals surface area contributed by atoms with Crippen molar-refractivity contribution in [3.8, 4) is 5.75 Å². The normalized spacial score (nSPS) is 11.1. The van der Waals surface area contributed by atoms with Crippen LogP contribution in [0.3, 0.4) is 0 Å². The van der Waals surface area contributed by atoms with Gasteiger partial charge in [0.15, 0.2) is 0 Å². The van der Waals surface area contributed by atoms with E-state index >= 15 is 0 Å². The molecule has 3 nitrogen and oxygen atoms in total. The van der Waals surface area contributed by atoms with Gasteiger partial charge in [0, 0.05) is 23.2 Å². The third-order valence-corrected chi connectivity index (χ3v) is 4.04. The lowest BCUT2D eigenvalue weighted by Gasteiger charge is -2.24. The number of rotatable bonds is 7. The topological polar surface area (TPSA) is 38.3 Å². The third-order valence-electron chi connectivity index (χ3n) is 4.04. The summed E-state index contributed by atoms with van der Waals surface area (Å²) in [6, 6.07) is 2.13. The fourth-order valence-electron chi connectivity index (χ4n) is 2.81. The number of hydrogen-bond donors (Lipinski definition) is 1. The van der Waals surface area contributed by atoms with Crippen molar-refractivity contribution in [1.82, 2.24) is 0 Å². The number of carbonyl (C=O) groups is 1. The number of hydrogen-bond acceptors (Lipinski definition) is 2. The van der Waals surface area contributed by atoms with E-state index in [9.17, 15) is 4.79 Å². The second-order valence-electron chi connectivity index (χ2n) is 6.55. The minimum atomic E-state index is 0.0824. The number of unbranched alkanes of at least 4 members (excludes halogenated alkanes) is 1. The molecule has 0 atom stereocenters. The van der Waals surface area contributed by atoms with Crippen LogP contribution in [0.25, 0.3) is 0 Å². The van der Waals surface area contributed by atoms with Crippen LogP contribution in [0.1, 0.15) is 82.4 Å². The van der Waals surface area contributed by atoms with E-state index in [1.807, 2.05) is 6.92 Å². The largest absolute Gasteiger partial charge is 0.496 e. The Morgan fingerprint density at radius 2 is 1.86 bits per heavy atom. The number of anilines is 1. The van der Waals surface area contributed by atoms with Gasteiger partial charge in [-0.2, -0.15) is 0 Å². The number of benzene rings is 1. The summed E-state index contributed by atoms with van der Waals surface area (Å²) < 4.78 is 5.68. The minimum absolute atomic E-state index is 0.0824. The molecule has 3 heteroatoms. The smallest absolute Gasteiger partial charge is 0.224 e. The van der Waals surface area contributed by atoms with Gasteiger partial charge in [-0.1, -0.05) is 41.0 Å². The molecule has 22 heavy (non-hydrogen) atoms. The summed E-state index contributed by atoms with van der Waals surface area (Å²) in [5.74, 6) is 1.76. The molecule has 0 saturated heterocycles. The lowest BCUT2D eigenvalue weighted by atomic mass is 9.87. The highest BCUT2D eigenvalue weighted by atomic mass is 16.5. The zero-order valence-electron chi connectivity index (χ0n) is 15.2. The summed E-state index contributed by atoms with van der Waals surface area (Å²) in [5, 5.41) is 3.06. The van der Waals surface area contributed by atoms with Crippen LogP contribution in [0.4, 0.5) is 5.69 Å². The van der Waals surface area contributed by atoms with Gasteiger partial charge in [0.05, 0.1) is 7.11 Å². The van der Waals surface area contributed by atoms with Gasteiger partial charge in [-0.3, -0.25) is 4.79 Å². The van der Waals surface area contributed by atoms with E-state index in [2.05, 4.69) is 46.0 Å². The molecule has 1 amide bonds. The van der Waals surface area contributed by atoms with E-state index in [-0.39, 0.29) is 5.91 Å². The fraction of sp³-hybridized carbons (Fsp3) is 0.632. The van der Waals surface area contributed by atoms with Crippen molar-refractivity contribution < 1.29 is 9.53 Å². The van der Waals surface area contributed by atoms with E-state index in [0.29, 0.717) is 18.3 Å². The van der Waals surface area contributed by atoms with Crippen molar-refractivity contribution in [2.45, 2.75) is 72.6 Å². The zero-order chi connectivity index (χ0) is 16.9. The highest BCUT2D eigenvalue weighted by Gasteiger charge is 2.21. The van der Waals surface area contributed by atoms with Crippen LogP contribution >= 0.6 is 0 Å². The van der Waals surface area contributed by atoms with Gasteiger partial charge in [0.25, 0.3) is 0 Å². The highest BCUT2D eigenvalue weighted by Crippen LogP contribution is 2.40. The zero-order valence-corrected chi connectivity index (χ0v) is 15.2. The van der Waals surface area contributed by atoms with Gasteiger partial charge < -0.3 is 10.1 Å². The predicted molar refractivity (Wildman–Crippen MR) is 94.1 cm³/mol. The number of nitrogens with one attached hydrogen (secondary N) is 1. The molecule has 0 heterocycles. The molecule has 1 aromatic carbocycles. The van der Waals surface area contributed by atoms with E-state index in [4.69, 9.17) is 4.74 Å². The van der Waals surface area contributed by atoms with Crippen molar-refractivity contribution in [2.75, 3.05) is 12.4 Å². The van der Waals surface area contributed by atoms with Gasteiger partial charge in [0.1, 0.15) is 5.75 Å². The Morgan fingerprint density at radius 3 is 2.32 bits per heavy atom. The quantitative estimate of drug-likeness (QED) is 0.734. The van der Waals surface area contributed by atoms with Gasteiger partial charge in [-0.05, 0) is 36.8 Å². The molecule has 124 valence electrons. The average Bonchev–Trinajstić information content (AvgIpc) is 2.45. The predicted octanol–water partition coefficient (Wildman–Crippen LogP) is 5.38. The molecule has 0 fully saturated rings. The van der Waals surface area contributed by atoms with E-state index in [1.165, 1.54) is 11.1 Å². The van der Waals surface area contributed by atoms with Crippen LogP contribution < -0.4 is 10.1 Å². The van der Waals surface area contributed by atoms with E-state index in [0.717, 1.165) is 29.8 Å². The summed E-state index contributed by atoms with van der Waals surface area (Å²) in [4.78, 5) is 12.1. The maximum atomic E-state index is 12.1. The Bertz CT molecular complexity index is 519. The maximum Gasteiger partial charge on any atom is 0.224 e. The van der Waals surface area contributed by atoms with Crippen molar-refractivity contribution >= 4 is 11.6 Å². The maximum absolute atomic E-state index is 12.1. The van der Waals surface area contributed by atoms with Crippen molar-refractivity contribution in [3.05, 3.63) is 22.8 Å². The standard InChI is InChI=1S/C19H31NO2/c1-8-9-10-17(21)20-16-11-15(12(2)3)18(13(4)5)19(22-7)14(16)6/h11-13H,8-10H2,1-7H3,(H,20,21). The van der Waals surface area contributed by atoms with E-state index < -0.39 is 0 Å². The monoisotopic (exact) mass is 305 g/mol. The first kappa shape index (κ1) is 18.5. The molecule has 1 N–H and O–H groups in total. The molecule has 0 aliphatic rings. The molecule has 0 radical (unpaired) electrons. The minimum Gasteiger partial charge on any atom is -0.496 e. The highest BCUT2D eigenvalue weighted by molar-refractivity contribution is 5.92. The first-order chi connectivity index (χ1) is 10.3. The Balaban J connectivity index is 3.30. The summed E-state index contributed by atoms with van der Waals surface area (Å²) in [6.07, 6.45) is 2.52. The molecule has 0 aliphatic heterocycles. The van der Waals surface area contributed by atoms with Crippen LogP contribution in [0.15, 0.2) is 6.07 Å². The molecule has 0 aromatic heterocycles. The molecule has 0 spiro atoms. The number of carbonyl (C=O) groups excluding carboxylic acids is 1. The fourth-order valence-corrected chi connectivity index (χ4v) is 2.81. The number of ether oxygens (including phenoxy) is 1. The first-order valence-electron chi connectivity index (χ1n) is 8.34. The van der Waals surface area contributed by atoms with Gasteiger partial charge in [-0.15, -0.1) is 0 Å². The second kappa shape index (κ2) is 8.21. The number of amides is 1. The SMILES string of the molecule is CCCCC(=O)Nc1cc(C(C)C)c(C(C)C)c(OC)c1C. The van der Waals surface area contributed by atoms with Crippen LogP contribution in [0.2, 0.25) is 0 Å². The summed E-state index contributed by atoms with van der Waals surface area (Å²) in [7, 11) is 1.71. The van der Waals surface area contributed by atoms with Crippen LogP contribution in [-0.2, 0) is 4.79 Å². The van der Waals surface area contributed by atoms with Crippen LogP contribution in [0.5, 0.6) is 5.75 Å². The second-order valence-corrected chi connectivity index (χ2v) is 6.55. The molecule has 1 rings (SSSR count). The van der Waals surface area contributed by atoms with Gasteiger partial charge in [-0.25, -0.2) is 0 Å². The molecular formula is C19H31NO2. The molecule has 1 aromatic rings. The Morgan fingerprint density at radius 1 is 1.23 bits per heavy atom. The molecule has 0 unspecified atom stereocenters. The van der Waals surface area contributed by atoms with Crippen molar-refractivity contribution in [3.63, 3.8) is 0 Å². The third kappa shape index (κ3) is 4.25. The molecule has 0 bridgehead atoms. The summed E-state index contributed by atoms with van der Waals surface area (Å²) in [6.45, 7) is 12.8. The van der Waals surface area contributed by atoms with E-state index in [1.54, 1.807) is 7.11 Å². The summed E-state index contributed by atoms with van der Waals surface area (Å²) >= 11 is 0. The van der Waals surface area contributed by atoms with Gasteiger partial charge in [0.2, 0.25) is 5.91 Å². The summed E-state index contributed by atoms with van der Waals surface area (Å²) in [5.41, 5.74) is 4.40. The molecule has 0 aliphatic carbocycles. The van der Waals surface area contributed by atoms with Crippen LogP contribution in [-0.4, -0.2) is 13.0 Å². The van der Waals surface area contributed by atoms with Crippen molar-refractivity contribution in [2.24, 2.45) is 0 Å². The average molecular weight is 305 g/mol. The Kier molecular flexibility index (Phi) is 6.92. The van der Waals surface area contributed by atoms with Crippen molar-refractivity contribution in [1.29, 1.82) is 0 Å². The Labute approximate surface area is 135 Å². The lowest BCUT2D eigenvalue weighted by molar-refractivity contribution is -0.116. The first-order valence-corrected chi connectivity index (χ1v) is 8.34. The van der Waals surface area contributed by atoms with Gasteiger partial charge >= 0.3 is 0 Å². The lowest BCUT2D eigenvalue weighted by Crippen LogP contribution is -2.14. The molecular weight excluding hydrogens is 274 g/mol. The number of methoxy groups -OCH3 is 1.